The Kier molecular flexibility index (Phi) is 17.5. The molecular formula is C48H54FN10O14Pb. The second-order valence-electron chi connectivity index (χ2n) is 18.1. The Balaban J connectivity index is 0.905. The number of aromatic nitrogens is 2. The summed E-state index contributed by atoms with van der Waals surface area (Å²) >= 11 is 0.449. The number of aldehydes is 1. The fraction of sp³-hybridized carbons (Fsp3) is 0.458. The van der Waals surface area contributed by atoms with Gasteiger partial charge in [0, 0.05) is 47.8 Å². The number of carboxylic acids is 1. The number of aliphatic carboxylic acids is 1. The summed E-state index contributed by atoms with van der Waals surface area (Å²) in [5.74, 6) is -8.23. The number of benzene rings is 1. The van der Waals surface area contributed by atoms with E-state index in [2.05, 4.69) is 37.2 Å². The first-order valence-electron chi connectivity index (χ1n) is 23.7. The van der Waals surface area contributed by atoms with E-state index < -0.39 is 121 Å². The van der Waals surface area contributed by atoms with Crippen molar-refractivity contribution < 1.29 is 66.9 Å². The van der Waals surface area contributed by atoms with Crippen molar-refractivity contribution in [3.63, 3.8) is 0 Å². The smallest absolute Gasteiger partial charge is 0.0244 e. The molecule has 4 heterocycles. The first kappa shape index (κ1) is 54.9. The molecule has 0 bridgehead atoms. The van der Waals surface area contributed by atoms with Crippen LogP contribution in [-0.4, -0.2) is 169 Å². The summed E-state index contributed by atoms with van der Waals surface area (Å²) < 4.78 is 28.6. The number of nitrogens with zero attached hydrogens (tertiary/aromatic N) is 3. The molecule has 2 aliphatic carbocycles. The Morgan fingerprint density at radius 3 is 2.26 bits per heavy atom. The van der Waals surface area contributed by atoms with Crippen molar-refractivity contribution in [3.8, 4) is 11.4 Å². The molecule has 1 saturated carbocycles. The van der Waals surface area contributed by atoms with Gasteiger partial charge in [-0.2, -0.15) is 0 Å². The molecule has 8 amide bonds. The fourth-order valence-electron chi connectivity index (χ4n) is 9.28. The van der Waals surface area contributed by atoms with Gasteiger partial charge in [0.05, 0.1) is 42.6 Å². The van der Waals surface area contributed by atoms with Gasteiger partial charge >= 0.3 is 205 Å². The Morgan fingerprint density at radius 2 is 1.62 bits per heavy atom. The zero-order valence-corrected chi connectivity index (χ0v) is 44.5. The number of carboxylic acid groups (broad SMARTS) is 1. The van der Waals surface area contributed by atoms with E-state index in [9.17, 15) is 52.7 Å². The number of fused-ring (bicyclic) bond motifs is 4. The third-order valence-corrected chi connectivity index (χ3v) is 14.9. The second-order valence-corrected chi connectivity index (χ2v) is 19.6. The Morgan fingerprint density at radius 1 is 0.946 bits per heavy atom. The standard InChI is InChI=1S/C48H54FN10O14.Pb/c1-5-25(20-60)27-12-33-43-28(19-58(33)46(70)29(27)21-72-4)42-31(7-6-26-23(2)30(49)13-32(56-43)41(26)42)57-47(71)48(10-11-48)73-22-54-36(62)16-52-44(68)24(3)55-37(63)17-51-35(61)15-53-45(69)34(14-50-18-40(66)67)59-38(64)8-9-39(59)65;/h8-9,12-13,20,24-25,31,34,50H,3,5-7,10-11,14-19,21-22H2,1-2,4H3,(H,51,61)(H,52,68)(H,53,69)(H,54,62)(H,55,63)(H,57,71)(H,66,67);. The van der Waals surface area contributed by atoms with Crippen molar-refractivity contribution in [3.05, 3.63) is 73.8 Å². The number of amides is 8. The van der Waals surface area contributed by atoms with Gasteiger partial charge in [0.2, 0.25) is 0 Å². The third kappa shape index (κ3) is 11.7. The molecular weight excluding hydrogens is 1170 g/mol. The van der Waals surface area contributed by atoms with Gasteiger partial charge in [-0.15, -0.1) is 0 Å². The minimum Gasteiger partial charge on any atom is -0.0245 e. The number of halogens is 1. The number of carbonyl (C=O) groups excluding carboxylic acids is 9. The number of pyridine rings is 2. The monoisotopic (exact) mass is 1220 g/mol. The van der Waals surface area contributed by atoms with Crippen LogP contribution in [0.2, 0.25) is 3.98 Å². The van der Waals surface area contributed by atoms with E-state index in [0.29, 0.717) is 113 Å². The number of methoxy groups -OCH3 is 1. The van der Waals surface area contributed by atoms with Gasteiger partial charge in [0.15, 0.2) is 0 Å². The van der Waals surface area contributed by atoms with Crippen LogP contribution in [0.5, 0.6) is 0 Å². The number of ether oxygens (including phenoxy) is 2. The Labute approximate surface area is 437 Å². The first-order valence-corrected chi connectivity index (χ1v) is 26.4. The molecule has 2 aliphatic heterocycles. The van der Waals surface area contributed by atoms with Gasteiger partial charge in [-0.3, -0.25) is 19.2 Å². The summed E-state index contributed by atoms with van der Waals surface area (Å²) in [6, 6.07) is -0.00204. The summed E-state index contributed by atoms with van der Waals surface area (Å²) in [5.41, 5.74) is 3.18. The van der Waals surface area contributed by atoms with Crippen molar-refractivity contribution >= 4 is 96.2 Å². The first-order chi connectivity index (χ1) is 35.4. The van der Waals surface area contributed by atoms with E-state index in [1.807, 2.05) is 6.92 Å². The van der Waals surface area contributed by atoms with Crippen LogP contribution in [0.3, 0.4) is 0 Å². The predicted molar refractivity (Wildman–Crippen MR) is 257 cm³/mol. The molecule has 0 saturated heterocycles. The molecule has 391 valence electrons. The molecule has 4 atom stereocenters. The summed E-state index contributed by atoms with van der Waals surface area (Å²) in [6.07, 6.45) is 4.63. The Hall–Kier alpha value is -6.85. The molecule has 1 aromatic carbocycles. The zero-order chi connectivity index (χ0) is 53.6. The maximum atomic E-state index is 15.4. The van der Waals surface area contributed by atoms with Crippen LogP contribution in [0.25, 0.3) is 22.3 Å². The molecule has 1 fully saturated rings. The van der Waals surface area contributed by atoms with Crippen LogP contribution in [-0.2, 0) is 77.0 Å². The van der Waals surface area contributed by atoms with Crippen molar-refractivity contribution in [2.75, 3.05) is 46.6 Å². The quantitative estimate of drug-likeness (QED) is 0.0152. The van der Waals surface area contributed by atoms with Crippen LogP contribution in [0, 0.1) is 12.7 Å². The summed E-state index contributed by atoms with van der Waals surface area (Å²) in [6.45, 7) is 0.454. The average Bonchev–Trinajstić information content (AvgIpc) is 3.98. The van der Waals surface area contributed by atoms with E-state index >= 15 is 4.39 Å². The predicted octanol–water partition coefficient (Wildman–Crippen LogP) is -2.17. The maximum Gasteiger partial charge on any atom is -0.0244 e. The summed E-state index contributed by atoms with van der Waals surface area (Å²) in [5, 5.41) is 27.1. The summed E-state index contributed by atoms with van der Waals surface area (Å²) in [4.78, 5) is 145. The Bertz CT molecular complexity index is 2920. The number of carbonyl (C=O) groups is 10. The van der Waals surface area contributed by atoms with Crippen molar-refractivity contribution in [2.24, 2.45) is 0 Å². The molecule has 24 nitrogen and oxygen atoms in total. The summed E-state index contributed by atoms with van der Waals surface area (Å²) in [7, 11) is 1.47. The SMILES string of the molecule is CCC(C=O)c1cc2n(c(=O)c1COC)Cc1c-2nc2cc(F)c(C)c3c2c1C(NC(=O)C1(OCNC(=O)CNC(=O)C([CH2][Pb])NC(=O)CNC(=O)CNC(=O)C(CNCC(=O)O)N2C(=O)C=CC2=O)CC1)CC3. The van der Waals surface area contributed by atoms with Crippen LogP contribution in [0.1, 0.15) is 77.9 Å². The zero-order valence-electron chi connectivity index (χ0n) is 40.6. The molecule has 74 heavy (non-hydrogen) atoms. The topological polar surface area (TPSA) is 332 Å². The van der Waals surface area contributed by atoms with E-state index in [-0.39, 0.29) is 29.4 Å². The average molecular weight is 1220 g/mol. The molecule has 0 spiro atoms. The number of aryl methyl sites for hydroxylation is 1. The van der Waals surface area contributed by atoms with Crippen LogP contribution >= 0.6 is 0 Å². The van der Waals surface area contributed by atoms with Gasteiger partial charge in [-0.05, 0) is 54.5 Å². The normalized spacial score (nSPS) is 16.9. The molecule has 7 rings (SSSR count). The largest absolute Gasteiger partial charge is 0.0245 e. The maximum absolute atomic E-state index is 15.4. The number of nitrogens with one attached hydrogen (secondary N) is 7. The van der Waals surface area contributed by atoms with Gasteiger partial charge in [0.25, 0.3) is 17.4 Å². The van der Waals surface area contributed by atoms with Gasteiger partial charge in [-0.1, -0.05) is 6.92 Å². The van der Waals surface area contributed by atoms with Crippen LogP contribution in [0.15, 0.2) is 29.1 Å². The minimum atomic E-state index is -1.49. The second kappa shape index (κ2) is 23.6. The van der Waals surface area contributed by atoms with Gasteiger partial charge < -0.3 is 24.5 Å². The van der Waals surface area contributed by atoms with Crippen LogP contribution in [0.4, 0.5) is 4.39 Å². The minimum absolute atomic E-state index is 0.0136. The molecule has 2 aromatic heterocycles. The van der Waals surface area contributed by atoms with Crippen molar-refractivity contribution in [1.82, 2.24) is 51.7 Å². The van der Waals surface area contributed by atoms with E-state index in [0.717, 1.165) is 24.0 Å². The van der Waals surface area contributed by atoms with Crippen LogP contribution < -0.4 is 42.8 Å². The molecule has 3 aromatic rings. The number of hydrogen-bond donors (Lipinski definition) is 8. The van der Waals surface area contributed by atoms with Crippen molar-refractivity contribution in [1.29, 1.82) is 0 Å². The van der Waals surface area contributed by atoms with E-state index in [1.54, 1.807) is 17.6 Å². The molecule has 26 heteroatoms. The van der Waals surface area contributed by atoms with Gasteiger partial charge in [-0.25, -0.2) is 9.37 Å². The molecule has 8 N–H and O–H groups in total. The van der Waals surface area contributed by atoms with E-state index in [1.165, 1.54) is 13.2 Å². The number of hydrogen-bond acceptors (Lipinski definition) is 15. The molecule has 4 aliphatic rings. The van der Waals surface area contributed by atoms with Crippen molar-refractivity contribution in [2.45, 2.75) is 92.7 Å². The fourth-order valence-corrected chi connectivity index (χ4v) is 10.4. The molecule has 3 radical (unpaired) electrons. The third-order valence-electron chi connectivity index (χ3n) is 13.3. The van der Waals surface area contributed by atoms with E-state index in [4.69, 9.17) is 19.6 Å². The van der Waals surface area contributed by atoms with Gasteiger partial charge in [0.1, 0.15) is 12.1 Å². The number of rotatable bonds is 25. The number of imide groups is 1. The molecule has 4 unspecified atom stereocenters.